The zero-order chi connectivity index (χ0) is 12.5. The maximum atomic E-state index is 5.95. The Bertz CT molecular complexity index is 601. The summed E-state index contributed by atoms with van der Waals surface area (Å²) in [5, 5.41) is 5.86. The van der Waals surface area contributed by atoms with Crippen LogP contribution in [0.5, 0.6) is 5.75 Å². The van der Waals surface area contributed by atoms with E-state index in [9.17, 15) is 0 Å². The van der Waals surface area contributed by atoms with Crippen LogP contribution in [0, 0.1) is 0 Å². The maximum Gasteiger partial charge on any atom is 0.170 e. The SMILES string of the molecule is CC(C)NC1C=Cc2c(ccc3ccccc23)O1. The third-order valence-corrected chi connectivity index (χ3v) is 3.12. The van der Waals surface area contributed by atoms with Crippen molar-refractivity contribution in [2.24, 2.45) is 0 Å². The van der Waals surface area contributed by atoms with Gasteiger partial charge >= 0.3 is 0 Å². The second-order valence-corrected chi connectivity index (χ2v) is 4.92. The summed E-state index contributed by atoms with van der Waals surface area (Å²) < 4.78 is 5.95. The Hall–Kier alpha value is -1.80. The van der Waals surface area contributed by atoms with Crippen molar-refractivity contribution in [1.82, 2.24) is 5.32 Å². The fraction of sp³-hybridized carbons (Fsp3) is 0.250. The fourth-order valence-electron chi connectivity index (χ4n) is 2.33. The largest absolute Gasteiger partial charge is 0.471 e. The summed E-state index contributed by atoms with van der Waals surface area (Å²) >= 11 is 0. The van der Waals surface area contributed by atoms with E-state index in [1.165, 1.54) is 16.3 Å². The Labute approximate surface area is 107 Å². The number of benzene rings is 2. The lowest BCUT2D eigenvalue weighted by Gasteiger charge is -2.24. The standard InChI is InChI=1S/C16H17NO/c1-11(2)17-16-10-8-14-13-6-4-3-5-12(13)7-9-15(14)18-16/h3-11,16-17H,1-2H3. The minimum atomic E-state index is -0.0290. The van der Waals surface area contributed by atoms with Crippen molar-refractivity contribution in [3.05, 3.63) is 48.0 Å². The van der Waals surface area contributed by atoms with Crippen molar-refractivity contribution in [2.45, 2.75) is 26.1 Å². The molecule has 0 amide bonds. The summed E-state index contributed by atoms with van der Waals surface area (Å²) in [6, 6.07) is 13.0. The zero-order valence-corrected chi connectivity index (χ0v) is 10.7. The zero-order valence-electron chi connectivity index (χ0n) is 10.7. The van der Waals surface area contributed by atoms with Crippen LogP contribution in [0.4, 0.5) is 0 Å². The van der Waals surface area contributed by atoms with E-state index in [0.717, 1.165) is 5.75 Å². The van der Waals surface area contributed by atoms with Crippen molar-refractivity contribution in [1.29, 1.82) is 0 Å². The molecule has 0 bridgehead atoms. The highest BCUT2D eigenvalue weighted by Gasteiger charge is 2.16. The number of hydrogen-bond donors (Lipinski definition) is 1. The van der Waals surface area contributed by atoms with Crippen LogP contribution in [0.3, 0.4) is 0 Å². The Morgan fingerprint density at radius 2 is 1.94 bits per heavy atom. The van der Waals surface area contributed by atoms with Gasteiger partial charge in [-0.2, -0.15) is 0 Å². The molecular formula is C16H17NO. The molecule has 0 saturated heterocycles. The van der Waals surface area contributed by atoms with E-state index in [-0.39, 0.29) is 6.23 Å². The summed E-state index contributed by atoms with van der Waals surface area (Å²) in [6.07, 6.45) is 4.20. The second-order valence-electron chi connectivity index (χ2n) is 4.92. The molecule has 0 saturated carbocycles. The van der Waals surface area contributed by atoms with Gasteiger partial charge in [0, 0.05) is 11.6 Å². The fourth-order valence-corrected chi connectivity index (χ4v) is 2.33. The van der Waals surface area contributed by atoms with E-state index in [2.05, 4.69) is 67.7 Å². The van der Waals surface area contributed by atoms with Crippen molar-refractivity contribution in [3.63, 3.8) is 0 Å². The molecule has 1 aliphatic rings. The van der Waals surface area contributed by atoms with E-state index in [1.807, 2.05) is 0 Å². The first-order valence-corrected chi connectivity index (χ1v) is 6.37. The van der Waals surface area contributed by atoms with Crippen molar-refractivity contribution in [2.75, 3.05) is 0 Å². The van der Waals surface area contributed by atoms with E-state index in [0.29, 0.717) is 6.04 Å². The van der Waals surface area contributed by atoms with Crippen LogP contribution in [-0.4, -0.2) is 12.3 Å². The van der Waals surface area contributed by atoms with Gasteiger partial charge in [0.2, 0.25) is 0 Å². The average Bonchev–Trinajstić information content (AvgIpc) is 2.37. The van der Waals surface area contributed by atoms with Gasteiger partial charge in [0.15, 0.2) is 6.23 Å². The average molecular weight is 239 g/mol. The van der Waals surface area contributed by atoms with Gasteiger partial charge in [0.25, 0.3) is 0 Å². The molecule has 1 unspecified atom stereocenters. The summed E-state index contributed by atoms with van der Waals surface area (Å²) in [5.41, 5.74) is 1.18. The lowest BCUT2D eigenvalue weighted by molar-refractivity contribution is 0.196. The number of nitrogens with one attached hydrogen (secondary N) is 1. The summed E-state index contributed by atoms with van der Waals surface area (Å²) in [5.74, 6) is 0.953. The molecule has 2 aromatic carbocycles. The molecule has 0 aliphatic carbocycles. The minimum absolute atomic E-state index is 0.0290. The number of rotatable bonds is 2. The number of hydrogen-bond acceptors (Lipinski definition) is 2. The summed E-state index contributed by atoms with van der Waals surface area (Å²) in [6.45, 7) is 4.24. The molecule has 1 heterocycles. The first kappa shape index (κ1) is 11.3. The number of ether oxygens (including phenoxy) is 1. The third-order valence-electron chi connectivity index (χ3n) is 3.12. The Morgan fingerprint density at radius 1 is 1.11 bits per heavy atom. The molecule has 92 valence electrons. The molecule has 1 atom stereocenters. The highest BCUT2D eigenvalue weighted by Crippen LogP contribution is 2.32. The molecule has 1 aliphatic heterocycles. The van der Waals surface area contributed by atoms with Gasteiger partial charge in [0.1, 0.15) is 5.75 Å². The molecule has 0 fully saturated rings. The Morgan fingerprint density at radius 3 is 2.78 bits per heavy atom. The van der Waals surface area contributed by atoms with Crippen LogP contribution in [0.15, 0.2) is 42.5 Å². The monoisotopic (exact) mass is 239 g/mol. The van der Waals surface area contributed by atoms with Crippen LogP contribution >= 0.6 is 0 Å². The minimum Gasteiger partial charge on any atom is -0.471 e. The summed E-state index contributed by atoms with van der Waals surface area (Å²) in [4.78, 5) is 0. The topological polar surface area (TPSA) is 21.3 Å². The highest BCUT2D eigenvalue weighted by atomic mass is 16.5. The second kappa shape index (κ2) is 4.46. The number of fused-ring (bicyclic) bond motifs is 3. The lowest BCUT2D eigenvalue weighted by Crippen LogP contribution is -2.38. The van der Waals surface area contributed by atoms with E-state index in [4.69, 9.17) is 4.74 Å². The van der Waals surface area contributed by atoms with E-state index < -0.39 is 0 Å². The molecule has 0 spiro atoms. The van der Waals surface area contributed by atoms with E-state index >= 15 is 0 Å². The van der Waals surface area contributed by atoms with Crippen LogP contribution in [0.1, 0.15) is 19.4 Å². The molecule has 2 heteroatoms. The molecule has 2 aromatic rings. The Balaban J connectivity index is 2.01. The first-order valence-electron chi connectivity index (χ1n) is 6.37. The van der Waals surface area contributed by atoms with Crippen LogP contribution in [0.2, 0.25) is 0 Å². The molecule has 3 rings (SSSR count). The van der Waals surface area contributed by atoms with Gasteiger partial charge in [-0.1, -0.05) is 30.3 Å². The molecule has 0 radical (unpaired) electrons. The maximum absolute atomic E-state index is 5.95. The van der Waals surface area contributed by atoms with Gasteiger partial charge in [0.05, 0.1) is 0 Å². The van der Waals surface area contributed by atoms with Crippen LogP contribution in [0.25, 0.3) is 16.8 Å². The predicted molar refractivity (Wildman–Crippen MR) is 75.7 cm³/mol. The molecule has 2 nitrogen and oxygen atoms in total. The van der Waals surface area contributed by atoms with Gasteiger partial charge in [-0.25, -0.2) is 0 Å². The van der Waals surface area contributed by atoms with Crippen molar-refractivity contribution >= 4 is 16.8 Å². The predicted octanol–water partition coefficient (Wildman–Crippen LogP) is 3.57. The Kier molecular flexibility index (Phi) is 2.80. The van der Waals surface area contributed by atoms with Crippen LogP contribution < -0.4 is 10.1 Å². The molecule has 18 heavy (non-hydrogen) atoms. The van der Waals surface area contributed by atoms with Crippen molar-refractivity contribution < 1.29 is 4.74 Å². The molecule has 0 aromatic heterocycles. The lowest BCUT2D eigenvalue weighted by atomic mass is 10.0. The van der Waals surface area contributed by atoms with Gasteiger partial charge in [-0.3, -0.25) is 5.32 Å². The van der Waals surface area contributed by atoms with Crippen LogP contribution in [-0.2, 0) is 0 Å². The normalized spacial score (nSPS) is 17.8. The van der Waals surface area contributed by atoms with Gasteiger partial charge in [-0.05, 0) is 42.8 Å². The third kappa shape index (κ3) is 2.00. The van der Waals surface area contributed by atoms with E-state index in [1.54, 1.807) is 0 Å². The molecular weight excluding hydrogens is 222 g/mol. The molecule has 1 N–H and O–H groups in total. The summed E-state index contributed by atoms with van der Waals surface area (Å²) in [7, 11) is 0. The first-order chi connectivity index (χ1) is 8.74. The van der Waals surface area contributed by atoms with Crippen molar-refractivity contribution in [3.8, 4) is 5.75 Å². The smallest absolute Gasteiger partial charge is 0.170 e. The van der Waals surface area contributed by atoms with Gasteiger partial charge in [-0.15, -0.1) is 0 Å². The quantitative estimate of drug-likeness (QED) is 0.865. The van der Waals surface area contributed by atoms with Gasteiger partial charge < -0.3 is 4.74 Å². The highest BCUT2D eigenvalue weighted by molar-refractivity contribution is 5.93.